The highest BCUT2D eigenvalue weighted by Crippen LogP contribution is 2.09. The highest BCUT2D eigenvalue weighted by Gasteiger charge is 2.29. The lowest BCUT2D eigenvalue weighted by molar-refractivity contribution is -0.143. The fourth-order valence-corrected chi connectivity index (χ4v) is 2.46. The van der Waals surface area contributed by atoms with E-state index in [4.69, 9.17) is 11.5 Å². The number of carbonyl (C=O) groups excluding carboxylic acids is 4. The van der Waals surface area contributed by atoms with Crippen molar-refractivity contribution in [1.29, 1.82) is 0 Å². The highest BCUT2D eigenvalue weighted by molar-refractivity contribution is 5.94. The summed E-state index contributed by atoms with van der Waals surface area (Å²) >= 11 is 0. The third-order valence-corrected chi connectivity index (χ3v) is 4.77. The number of aliphatic carboxylic acids is 1. The van der Waals surface area contributed by atoms with E-state index in [1.807, 2.05) is 6.92 Å². The van der Waals surface area contributed by atoms with Gasteiger partial charge in [-0.25, -0.2) is 4.79 Å². The quantitative estimate of drug-likeness (QED) is 0.209. The molecule has 5 atom stereocenters. The number of nitrogens with two attached hydrogens (primary N) is 2. The van der Waals surface area contributed by atoms with Gasteiger partial charge in [0.15, 0.2) is 0 Å². The lowest BCUT2D eigenvalue weighted by Gasteiger charge is -2.25. The van der Waals surface area contributed by atoms with E-state index < -0.39 is 54.3 Å². The molecule has 0 rings (SSSR count). The van der Waals surface area contributed by atoms with E-state index >= 15 is 0 Å². The summed E-state index contributed by atoms with van der Waals surface area (Å²) in [6.45, 7) is 6.60. The van der Waals surface area contributed by atoms with Crippen molar-refractivity contribution in [3.8, 4) is 0 Å². The van der Waals surface area contributed by atoms with E-state index in [-0.39, 0.29) is 18.3 Å². The number of nitrogens with one attached hydrogen (secondary N) is 3. The van der Waals surface area contributed by atoms with Gasteiger partial charge in [-0.3, -0.25) is 19.2 Å². The Labute approximate surface area is 170 Å². The molecule has 0 aromatic heterocycles. The van der Waals surface area contributed by atoms with Crippen molar-refractivity contribution in [2.24, 2.45) is 23.3 Å². The largest absolute Gasteiger partial charge is 0.480 e. The van der Waals surface area contributed by atoms with Gasteiger partial charge in [0, 0.05) is 0 Å². The number of carboxylic acid groups (broad SMARTS) is 1. The lowest BCUT2D eigenvalue weighted by Crippen LogP contribution is -2.56. The van der Waals surface area contributed by atoms with Gasteiger partial charge in [0.05, 0.1) is 19.0 Å². The number of carboxylic acids is 1. The number of rotatable bonds is 13. The zero-order chi connectivity index (χ0) is 22.7. The van der Waals surface area contributed by atoms with Gasteiger partial charge in [0.1, 0.15) is 12.1 Å². The minimum atomic E-state index is -1.19. The highest BCUT2D eigenvalue weighted by atomic mass is 16.4. The molecule has 11 heteroatoms. The summed E-state index contributed by atoms with van der Waals surface area (Å²) in [6, 6.07) is -3.24. The van der Waals surface area contributed by atoms with Crippen molar-refractivity contribution in [2.45, 2.75) is 65.1 Å². The van der Waals surface area contributed by atoms with E-state index in [0.29, 0.717) is 12.8 Å². The molecule has 0 fully saturated rings. The van der Waals surface area contributed by atoms with E-state index in [9.17, 15) is 29.1 Å². The van der Waals surface area contributed by atoms with Gasteiger partial charge >= 0.3 is 5.97 Å². The Kier molecular flexibility index (Phi) is 11.5. The van der Waals surface area contributed by atoms with Gasteiger partial charge in [-0.15, -0.1) is 0 Å². The van der Waals surface area contributed by atoms with Crippen LogP contribution in [0.5, 0.6) is 0 Å². The van der Waals surface area contributed by atoms with Crippen LogP contribution in [0.15, 0.2) is 0 Å². The SMILES string of the molecule is CCC(C)C(NC(=O)CNC(=O)C(NC(=O)C(N)CC(N)=O)C(C)CC)C(=O)O. The fourth-order valence-electron chi connectivity index (χ4n) is 2.46. The number of amides is 4. The summed E-state index contributed by atoms with van der Waals surface area (Å²) in [5.41, 5.74) is 10.6. The van der Waals surface area contributed by atoms with Crippen molar-refractivity contribution in [3.05, 3.63) is 0 Å². The molecular weight excluding hydrogens is 382 g/mol. The molecule has 0 aliphatic heterocycles. The van der Waals surface area contributed by atoms with E-state index in [1.165, 1.54) is 0 Å². The van der Waals surface area contributed by atoms with Crippen LogP contribution < -0.4 is 27.4 Å². The molecule has 0 aromatic carbocycles. The maximum atomic E-state index is 12.5. The second-order valence-electron chi connectivity index (χ2n) is 7.14. The zero-order valence-electron chi connectivity index (χ0n) is 17.4. The number of hydrogen-bond acceptors (Lipinski definition) is 6. The average molecular weight is 415 g/mol. The first kappa shape index (κ1) is 26.3. The van der Waals surface area contributed by atoms with Crippen LogP contribution in [0.1, 0.15) is 47.0 Å². The second kappa shape index (κ2) is 12.7. The molecular formula is C18H33N5O6. The molecule has 0 spiro atoms. The molecule has 0 radical (unpaired) electrons. The van der Waals surface area contributed by atoms with Crippen LogP contribution in [0.2, 0.25) is 0 Å². The smallest absolute Gasteiger partial charge is 0.326 e. The Bertz CT molecular complexity index is 612. The van der Waals surface area contributed by atoms with Crippen LogP contribution in [0.25, 0.3) is 0 Å². The van der Waals surface area contributed by atoms with Gasteiger partial charge in [-0.1, -0.05) is 40.5 Å². The molecule has 11 nitrogen and oxygen atoms in total. The van der Waals surface area contributed by atoms with Gasteiger partial charge in [0.2, 0.25) is 23.6 Å². The predicted octanol–water partition coefficient (Wildman–Crippen LogP) is -1.55. The third kappa shape index (κ3) is 9.37. The van der Waals surface area contributed by atoms with Crippen molar-refractivity contribution >= 4 is 29.6 Å². The molecule has 0 aliphatic rings. The third-order valence-electron chi connectivity index (χ3n) is 4.77. The molecule has 29 heavy (non-hydrogen) atoms. The maximum absolute atomic E-state index is 12.5. The summed E-state index contributed by atoms with van der Waals surface area (Å²) in [4.78, 5) is 58.8. The maximum Gasteiger partial charge on any atom is 0.326 e. The molecule has 166 valence electrons. The van der Waals surface area contributed by atoms with Crippen LogP contribution in [0.3, 0.4) is 0 Å². The zero-order valence-corrected chi connectivity index (χ0v) is 17.4. The lowest BCUT2D eigenvalue weighted by atomic mass is 9.97. The molecule has 8 N–H and O–H groups in total. The molecule has 0 aromatic rings. The second-order valence-corrected chi connectivity index (χ2v) is 7.14. The van der Waals surface area contributed by atoms with Crippen LogP contribution in [-0.4, -0.2) is 59.4 Å². The van der Waals surface area contributed by atoms with Gasteiger partial charge < -0.3 is 32.5 Å². The monoisotopic (exact) mass is 415 g/mol. The van der Waals surface area contributed by atoms with Crippen molar-refractivity contribution in [1.82, 2.24) is 16.0 Å². The van der Waals surface area contributed by atoms with Crippen LogP contribution in [0, 0.1) is 11.8 Å². The Morgan fingerprint density at radius 2 is 1.41 bits per heavy atom. The number of carbonyl (C=O) groups is 5. The summed E-state index contributed by atoms with van der Waals surface area (Å²) in [7, 11) is 0. The normalized spacial score (nSPS) is 15.9. The van der Waals surface area contributed by atoms with Crippen LogP contribution in [-0.2, 0) is 24.0 Å². The minimum absolute atomic E-state index is 0.283. The Balaban J connectivity index is 4.94. The first-order chi connectivity index (χ1) is 13.4. The number of primary amides is 1. The molecule has 0 saturated carbocycles. The van der Waals surface area contributed by atoms with E-state index in [1.54, 1.807) is 20.8 Å². The summed E-state index contributed by atoms with van der Waals surface area (Å²) in [6.07, 6.45) is 0.733. The first-order valence-electron chi connectivity index (χ1n) is 9.58. The molecule has 0 saturated heterocycles. The Morgan fingerprint density at radius 3 is 1.86 bits per heavy atom. The average Bonchev–Trinajstić information content (AvgIpc) is 2.65. The summed E-state index contributed by atoms with van der Waals surface area (Å²) in [5.74, 6) is -4.47. The standard InChI is InChI=1S/C18H33N5O6/c1-5-9(3)14(23-16(26)11(19)7-12(20)24)17(27)21-8-13(25)22-15(18(28)29)10(4)6-2/h9-11,14-15H,5-8,19H2,1-4H3,(H2,20,24)(H,21,27)(H,22,25)(H,23,26)(H,28,29). The van der Waals surface area contributed by atoms with Crippen molar-refractivity contribution in [3.63, 3.8) is 0 Å². The van der Waals surface area contributed by atoms with Crippen molar-refractivity contribution in [2.75, 3.05) is 6.54 Å². The molecule has 0 aliphatic carbocycles. The van der Waals surface area contributed by atoms with Gasteiger partial charge in [0.25, 0.3) is 0 Å². The molecule has 5 unspecified atom stereocenters. The molecule has 0 bridgehead atoms. The summed E-state index contributed by atoms with van der Waals surface area (Å²) < 4.78 is 0. The summed E-state index contributed by atoms with van der Waals surface area (Å²) in [5, 5.41) is 16.5. The van der Waals surface area contributed by atoms with E-state index in [0.717, 1.165) is 0 Å². The Hall–Kier alpha value is -2.69. The predicted molar refractivity (Wildman–Crippen MR) is 105 cm³/mol. The molecule has 4 amide bonds. The van der Waals surface area contributed by atoms with E-state index in [2.05, 4.69) is 16.0 Å². The van der Waals surface area contributed by atoms with Gasteiger partial charge in [-0.05, 0) is 11.8 Å². The van der Waals surface area contributed by atoms with Gasteiger partial charge in [-0.2, -0.15) is 0 Å². The fraction of sp³-hybridized carbons (Fsp3) is 0.722. The van der Waals surface area contributed by atoms with Crippen molar-refractivity contribution < 1.29 is 29.1 Å². The topological polar surface area (TPSA) is 194 Å². The minimum Gasteiger partial charge on any atom is -0.480 e. The number of hydrogen-bond donors (Lipinski definition) is 6. The Morgan fingerprint density at radius 1 is 0.897 bits per heavy atom. The molecule has 0 heterocycles. The first-order valence-corrected chi connectivity index (χ1v) is 9.58. The van der Waals surface area contributed by atoms with Crippen LogP contribution in [0.4, 0.5) is 0 Å². The van der Waals surface area contributed by atoms with Crippen LogP contribution >= 0.6 is 0 Å².